The summed E-state index contributed by atoms with van der Waals surface area (Å²) in [4.78, 5) is 13.5. The Hall–Kier alpha value is -0.570. The second kappa shape index (κ2) is 5.97. The lowest BCUT2D eigenvalue weighted by Crippen LogP contribution is -2.39. The Morgan fingerprint density at radius 3 is 2.38 bits per heavy atom. The van der Waals surface area contributed by atoms with E-state index < -0.39 is 0 Å². The van der Waals surface area contributed by atoms with Gasteiger partial charge in [-0.15, -0.1) is 0 Å². The van der Waals surface area contributed by atoms with Crippen molar-refractivity contribution in [1.82, 2.24) is 4.90 Å². The molecule has 0 heterocycles. The molecule has 2 N–H and O–H groups in total. The van der Waals surface area contributed by atoms with Crippen LogP contribution in [-0.4, -0.2) is 30.4 Å². The zero-order valence-electron chi connectivity index (χ0n) is 9.21. The van der Waals surface area contributed by atoms with Crippen molar-refractivity contribution in [2.75, 3.05) is 13.6 Å². The van der Waals surface area contributed by atoms with Crippen molar-refractivity contribution in [2.24, 2.45) is 11.7 Å². The fraction of sp³-hybridized carbons (Fsp3) is 0.900. The Morgan fingerprint density at radius 2 is 2.00 bits per heavy atom. The highest BCUT2D eigenvalue weighted by molar-refractivity contribution is 5.78. The summed E-state index contributed by atoms with van der Waals surface area (Å²) < 4.78 is 0. The van der Waals surface area contributed by atoms with Gasteiger partial charge in [-0.3, -0.25) is 4.79 Å². The molecule has 0 aromatic carbocycles. The first-order chi connectivity index (χ1) is 6.04. The highest BCUT2D eigenvalue weighted by Gasteiger charge is 2.19. The Balaban J connectivity index is 4.08. The molecule has 0 radical (unpaired) electrons. The highest BCUT2D eigenvalue weighted by Crippen LogP contribution is 2.09. The summed E-state index contributed by atoms with van der Waals surface area (Å²) in [5, 5.41) is 0. The van der Waals surface area contributed by atoms with E-state index in [1.54, 1.807) is 4.90 Å². The fourth-order valence-electron chi connectivity index (χ4n) is 1.17. The molecule has 2 unspecified atom stereocenters. The van der Waals surface area contributed by atoms with Gasteiger partial charge in [-0.05, 0) is 26.3 Å². The van der Waals surface area contributed by atoms with Crippen LogP contribution in [0.2, 0.25) is 0 Å². The van der Waals surface area contributed by atoms with Crippen LogP contribution in [-0.2, 0) is 4.79 Å². The Labute approximate surface area is 81.3 Å². The molecule has 0 spiro atoms. The second-order valence-corrected chi connectivity index (χ2v) is 3.68. The third kappa shape index (κ3) is 3.77. The van der Waals surface area contributed by atoms with E-state index in [-0.39, 0.29) is 17.9 Å². The first-order valence-electron chi connectivity index (χ1n) is 5.01. The van der Waals surface area contributed by atoms with Crippen molar-refractivity contribution in [3.63, 3.8) is 0 Å². The minimum atomic E-state index is 0.130. The molecule has 3 heteroatoms. The zero-order valence-corrected chi connectivity index (χ0v) is 9.21. The summed E-state index contributed by atoms with van der Waals surface area (Å²) in [6, 6.07) is 0.256. The quantitative estimate of drug-likeness (QED) is 0.702. The van der Waals surface area contributed by atoms with E-state index in [1.165, 1.54) is 0 Å². The summed E-state index contributed by atoms with van der Waals surface area (Å²) in [5.74, 6) is 0.355. The monoisotopic (exact) mass is 186 g/mol. The smallest absolute Gasteiger partial charge is 0.225 e. The van der Waals surface area contributed by atoms with Crippen LogP contribution < -0.4 is 5.73 Å². The average molecular weight is 186 g/mol. The van der Waals surface area contributed by atoms with E-state index in [4.69, 9.17) is 5.73 Å². The molecule has 0 fully saturated rings. The molecule has 0 saturated carbocycles. The van der Waals surface area contributed by atoms with Gasteiger partial charge in [-0.1, -0.05) is 13.8 Å². The molecule has 13 heavy (non-hydrogen) atoms. The van der Waals surface area contributed by atoms with Crippen LogP contribution in [0.5, 0.6) is 0 Å². The summed E-state index contributed by atoms with van der Waals surface area (Å²) in [5.41, 5.74) is 5.44. The number of nitrogens with two attached hydrogens (primary N) is 1. The van der Waals surface area contributed by atoms with E-state index in [1.807, 2.05) is 27.8 Å². The summed E-state index contributed by atoms with van der Waals surface area (Å²) in [6.45, 7) is 6.67. The van der Waals surface area contributed by atoms with Gasteiger partial charge in [0.15, 0.2) is 0 Å². The summed E-state index contributed by atoms with van der Waals surface area (Å²) >= 11 is 0. The fourth-order valence-corrected chi connectivity index (χ4v) is 1.17. The number of rotatable bonds is 5. The van der Waals surface area contributed by atoms with Crippen molar-refractivity contribution in [2.45, 2.75) is 39.7 Å². The maximum atomic E-state index is 11.7. The third-order valence-electron chi connectivity index (χ3n) is 2.63. The van der Waals surface area contributed by atoms with Crippen LogP contribution in [0.15, 0.2) is 0 Å². The molecule has 0 aromatic rings. The Kier molecular flexibility index (Phi) is 5.71. The standard InChI is InChI=1S/C10H22N2O/c1-5-8(2)10(13)12(4)9(3)6-7-11/h8-9H,5-7,11H2,1-4H3. The minimum absolute atomic E-state index is 0.130. The maximum Gasteiger partial charge on any atom is 0.225 e. The van der Waals surface area contributed by atoms with Crippen molar-refractivity contribution in [3.8, 4) is 0 Å². The van der Waals surface area contributed by atoms with Crippen LogP contribution >= 0.6 is 0 Å². The normalized spacial score (nSPS) is 15.2. The van der Waals surface area contributed by atoms with Crippen molar-refractivity contribution < 1.29 is 4.79 Å². The first-order valence-corrected chi connectivity index (χ1v) is 5.01. The van der Waals surface area contributed by atoms with E-state index in [2.05, 4.69) is 0 Å². The van der Waals surface area contributed by atoms with E-state index in [9.17, 15) is 4.79 Å². The topological polar surface area (TPSA) is 46.3 Å². The molecule has 0 aromatic heterocycles. The van der Waals surface area contributed by atoms with Crippen LogP contribution in [0.3, 0.4) is 0 Å². The minimum Gasteiger partial charge on any atom is -0.343 e. The van der Waals surface area contributed by atoms with Gasteiger partial charge in [-0.2, -0.15) is 0 Å². The highest BCUT2D eigenvalue weighted by atomic mass is 16.2. The number of carbonyl (C=O) groups excluding carboxylic acids is 1. The van der Waals surface area contributed by atoms with Gasteiger partial charge in [0.1, 0.15) is 0 Å². The molecule has 2 atom stereocenters. The van der Waals surface area contributed by atoms with Gasteiger partial charge in [0.05, 0.1) is 0 Å². The Morgan fingerprint density at radius 1 is 1.46 bits per heavy atom. The zero-order chi connectivity index (χ0) is 10.4. The van der Waals surface area contributed by atoms with Gasteiger partial charge in [0, 0.05) is 19.0 Å². The molecule has 1 amide bonds. The van der Waals surface area contributed by atoms with E-state index >= 15 is 0 Å². The molecule has 3 nitrogen and oxygen atoms in total. The number of amides is 1. The molecule has 0 aliphatic carbocycles. The summed E-state index contributed by atoms with van der Waals surface area (Å²) in [6.07, 6.45) is 1.77. The van der Waals surface area contributed by atoms with Crippen LogP contribution in [0, 0.1) is 5.92 Å². The molecular weight excluding hydrogens is 164 g/mol. The molecule has 0 aliphatic heterocycles. The second-order valence-electron chi connectivity index (χ2n) is 3.68. The van der Waals surface area contributed by atoms with Gasteiger partial charge < -0.3 is 10.6 Å². The lowest BCUT2D eigenvalue weighted by molar-refractivity contribution is -0.135. The van der Waals surface area contributed by atoms with Gasteiger partial charge in [0.25, 0.3) is 0 Å². The lowest BCUT2D eigenvalue weighted by Gasteiger charge is -2.27. The van der Waals surface area contributed by atoms with Crippen LogP contribution in [0.25, 0.3) is 0 Å². The number of hydrogen-bond donors (Lipinski definition) is 1. The van der Waals surface area contributed by atoms with Gasteiger partial charge in [0.2, 0.25) is 5.91 Å². The number of hydrogen-bond acceptors (Lipinski definition) is 2. The average Bonchev–Trinajstić information content (AvgIpc) is 2.14. The van der Waals surface area contributed by atoms with Crippen molar-refractivity contribution in [1.29, 1.82) is 0 Å². The molecule has 0 bridgehead atoms. The molecule has 78 valence electrons. The van der Waals surface area contributed by atoms with E-state index in [0.29, 0.717) is 6.54 Å². The largest absolute Gasteiger partial charge is 0.343 e. The first kappa shape index (κ1) is 12.4. The maximum absolute atomic E-state index is 11.7. The predicted molar refractivity (Wildman–Crippen MR) is 55.4 cm³/mol. The molecular formula is C10H22N2O. The van der Waals surface area contributed by atoms with Gasteiger partial charge >= 0.3 is 0 Å². The number of carbonyl (C=O) groups is 1. The Bertz CT molecular complexity index is 159. The van der Waals surface area contributed by atoms with Crippen molar-refractivity contribution >= 4 is 5.91 Å². The molecule has 0 rings (SSSR count). The molecule has 0 aliphatic rings. The van der Waals surface area contributed by atoms with Crippen LogP contribution in [0.1, 0.15) is 33.6 Å². The van der Waals surface area contributed by atoms with E-state index in [0.717, 1.165) is 12.8 Å². The SMILES string of the molecule is CCC(C)C(=O)N(C)C(C)CCN. The van der Waals surface area contributed by atoms with Crippen LogP contribution in [0.4, 0.5) is 0 Å². The van der Waals surface area contributed by atoms with Crippen molar-refractivity contribution in [3.05, 3.63) is 0 Å². The summed E-state index contributed by atoms with van der Waals surface area (Å²) in [7, 11) is 1.86. The predicted octanol–water partition coefficient (Wildman–Crippen LogP) is 1.23. The lowest BCUT2D eigenvalue weighted by atomic mass is 10.1. The van der Waals surface area contributed by atoms with Gasteiger partial charge in [-0.25, -0.2) is 0 Å². The number of nitrogens with zero attached hydrogens (tertiary/aromatic N) is 1. The third-order valence-corrected chi connectivity index (χ3v) is 2.63. The molecule has 0 saturated heterocycles.